The van der Waals surface area contributed by atoms with Crippen molar-refractivity contribution in [3.63, 3.8) is 0 Å². The Labute approximate surface area is 123 Å². The van der Waals surface area contributed by atoms with Gasteiger partial charge in [-0.3, -0.25) is 4.98 Å². The molecule has 0 unspecified atom stereocenters. The van der Waals surface area contributed by atoms with Crippen LogP contribution in [-0.2, 0) is 4.74 Å². The van der Waals surface area contributed by atoms with Gasteiger partial charge in [-0.05, 0) is 19.1 Å². The van der Waals surface area contributed by atoms with Crippen LogP contribution in [0.3, 0.4) is 0 Å². The van der Waals surface area contributed by atoms with Gasteiger partial charge in [-0.2, -0.15) is 4.98 Å². The average Bonchev–Trinajstić information content (AvgIpc) is 2.56. The SMILES string of the molecule is CCOc1cc(-c2cccnc2)nc(N2CCOCC2)n1. The third kappa shape index (κ3) is 3.28. The maximum atomic E-state index is 5.57. The summed E-state index contributed by atoms with van der Waals surface area (Å²) in [5, 5.41) is 0. The summed E-state index contributed by atoms with van der Waals surface area (Å²) in [5.74, 6) is 1.27. The van der Waals surface area contributed by atoms with Crippen LogP contribution in [0, 0.1) is 0 Å². The van der Waals surface area contributed by atoms with Crippen molar-refractivity contribution in [1.82, 2.24) is 15.0 Å². The molecule has 1 aliphatic heterocycles. The van der Waals surface area contributed by atoms with Gasteiger partial charge in [0.25, 0.3) is 0 Å². The molecule has 2 aromatic heterocycles. The normalized spacial score (nSPS) is 15.0. The summed E-state index contributed by atoms with van der Waals surface area (Å²) in [6.45, 7) is 5.51. The average molecular weight is 286 g/mol. The van der Waals surface area contributed by atoms with Gasteiger partial charge in [0, 0.05) is 37.1 Å². The first-order valence-corrected chi connectivity index (χ1v) is 7.12. The van der Waals surface area contributed by atoms with Crippen LogP contribution in [0.5, 0.6) is 5.88 Å². The second-order valence-electron chi connectivity index (χ2n) is 4.67. The predicted octanol–water partition coefficient (Wildman–Crippen LogP) is 1.77. The molecule has 2 aromatic rings. The van der Waals surface area contributed by atoms with E-state index in [9.17, 15) is 0 Å². The van der Waals surface area contributed by atoms with Crippen LogP contribution in [0.2, 0.25) is 0 Å². The molecular formula is C15H18N4O2. The largest absolute Gasteiger partial charge is 0.478 e. The zero-order chi connectivity index (χ0) is 14.5. The number of ether oxygens (including phenoxy) is 2. The molecule has 3 heterocycles. The Hall–Kier alpha value is -2.21. The van der Waals surface area contributed by atoms with E-state index in [1.807, 2.05) is 25.1 Å². The Morgan fingerprint density at radius 3 is 2.86 bits per heavy atom. The fraction of sp³-hybridized carbons (Fsp3) is 0.400. The van der Waals surface area contributed by atoms with Crippen molar-refractivity contribution >= 4 is 5.95 Å². The van der Waals surface area contributed by atoms with E-state index >= 15 is 0 Å². The van der Waals surface area contributed by atoms with E-state index in [4.69, 9.17) is 9.47 Å². The highest BCUT2D eigenvalue weighted by Gasteiger charge is 2.16. The van der Waals surface area contributed by atoms with Crippen LogP contribution in [0.4, 0.5) is 5.95 Å². The first-order valence-electron chi connectivity index (χ1n) is 7.12. The van der Waals surface area contributed by atoms with E-state index in [-0.39, 0.29) is 0 Å². The molecule has 0 aromatic carbocycles. The number of nitrogens with zero attached hydrogens (tertiary/aromatic N) is 4. The molecule has 1 saturated heterocycles. The van der Waals surface area contributed by atoms with E-state index in [1.165, 1.54) is 0 Å². The minimum Gasteiger partial charge on any atom is -0.478 e. The number of anilines is 1. The molecule has 0 N–H and O–H groups in total. The summed E-state index contributed by atoms with van der Waals surface area (Å²) >= 11 is 0. The van der Waals surface area contributed by atoms with Crippen molar-refractivity contribution in [3.8, 4) is 17.1 Å². The summed E-state index contributed by atoms with van der Waals surface area (Å²) in [6.07, 6.45) is 3.54. The molecular weight excluding hydrogens is 268 g/mol. The van der Waals surface area contributed by atoms with Crippen molar-refractivity contribution in [3.05, 3.63) is 30.6 Å². The third-order valence-electron chi connectivity index (χ3n) is 3.23. The van der Waals surface area contributed by atoms with E-state index in [1.54, 1.807) is 12.4 Å². The fourth-order valence-corrected chi connectivity index (χ4v) is 2.20. The summed E-state index contributed by atoms with van der Waals surface area (Å²) in [5.41, 5.74) is 1.78. The first kappa shape index (κ1) is 13.8. The van der Waals surface area contributed by atoms with Crippen LogP contribution in [0.15, 0.2) is 30.6 Å². The van der Waals surface area contributed by atoms with Crippen molar-refractivity contribution < 1.29 is 9.47 Å². The summed E-state index contributed by atoms with van der Waals surface area (Å²) in [4.78, 5) is 15.4. The Balaban J connectivity index is 1.97. The fourth-order valence-electron chi connectivity index (χ4n) is 2.20. The summed E-state index contributed by atoms with van der Waals surface area (Å²) in [6, 6.07) is 5.73. The molecule has 6 nitrogen and oxygen atoms in total. The second-order valence-corrected chi connectivity index (χ2v) is 4.67. The van der Waals surface area contributed by atoms with Crippen molar-refractivity contribution in [2.24, 2.45) is 0 Å². The lowest BCUT2D eigenvalue weighted by Gasteiger charge is -2.27. The van der Waals surface area contributed by atoms with Crippen LogP contribution >= 0.6 is 0 Å². The smallest absolute Gasteiger partial charge is 0.229 e. The molecule has 0 atom stereocenters. The number of morpholine rings is 1. The van der Waals surface area contributed by atoms with Gasteiger partial charge in [0.15, 0.2) is 0 Å². The number of pyridine rings is 1. The minimum absolute atomic E-state index is 0.575. The Morgan fingerprint density at radius 1 is 1.29 bits per heavy atom. The molecule has 1 aliphatic rings. The topological polar surface area (TPSA) is 60.4 Å². The molecule has 3 rings (SSSR count). The maximum Gasteiger partial charge on any atom is 0.229 e. The Morgan fingerprint density at radius 2 is 2.14 bits per heavy atom. The Bertz CT molecular complexity index is 585. The van der Waals surface area contributed by atoms with Crippen molar-refractivity contribution in [2.75, 3.05) is 37.8 Å². The standard InChI is InChI=1S/C15H18N4O2/c1-2-21-14-10-13(12-4-3-5-16-11-12)17-15(18-14)19-6-8-20-9-7-19/h3-5,10-11H,2,6-9H2,1H3. The van der Waals surface area contributed by atoms with Gasteiger partial charge >= 0.3 is 0 Å². The first-order chi connectivity index (χ1) is 10.4. The molecule has 0 aliphatic carbocycles. The Kier molecular flexibility index (Phi) is 4.25. The lowest BCUT2D eigenvalue weighted by atomic mass is 10.2. The minimum atomic E-state index is 0.575. The van der Waals surface area contributed by atoms with Gasteiger partial charge in [-0.1, -0.05) is 0 Å². The highest BCUT2D eigenvalue weighted by molar-refractivity contribution is 5.60. The molecule has 0 amide bonds. The summed E-state index contributed by atoms with van der Waals surface area (Å²) in [7, 11) is 0. The van der Waals surface area contributed by atoms with E-state index in [2.05, 4.69) is 19.9 Å². The van der Waals surface area contributed by atoms with Crippen LogP contribution in [-0.4, -0.2) is 47.9 Å². The molecule has 1 fully saturated rings. The second kappa shape index (κ2) is 6.49. The molecule has 0 saturated carbocycles. The monoisotopic (exact) mass is 286 g/mol. The molecule has 6 heteroatoms. The highest BCUT2D eigenvalue weighted by atomic mass is 16.5. The number of hydrogen-bond donors (Lipinski definition) is 0. The van der Waals surface area contributed by atoms with Crippen LogP contribution in [0.25, 0.3) is 11.3 Å². The van der Waals surface area contributed by atoms with Crippen LogP contribution in [0.1, 0.15) is 6.92 Å². The number of rotatable bonds is 4. The van der Waals surface area contributed by atoms with E-state index in [0.717, 1.165) is 24.3 Å². The quantitative estimate of drug-likeness (QED) is 0.853. The molecule has 0 spiro atoms. The van der Waals surface area contributed by atoms with Gasteiger partial charge in [-0.15, -0.1) is 0 Å². The van der Waals surface area contributed by atoms with E-state index in [0.29, 0.717) is 31.6 Å². The number of aromatic nitrogens is 3. The molecule has 110 valence electrons. The van der Waals surface area contributed by atoms with Gasteiger partial charge in [0.2, 0.25) is 11.8 Å². The molecule has 0 bridgehead atoms. The summed E-state index contributed by atoms with van der Waals surface area (Å²) < 4.78 is 10.9. The lowest BCUT2D eigenvalue weighted by molar-refractivity contribution is 0.122. The molecule has 21 heavy (non-hydrogen) atoms. The van der Waals surface area contributed by atoms with Gasteiger partial charge in [0.1, 0.15) is 0 Å². The van der Waals surface area contributed by atoms with E-state index < -0.39 is 0 Å². The van der Waals surface area contributed by atoms with Crippen LogP contribution < -0.4 is 9.64 Å². The van der Waals surface area contributed by atoms with Crippen molar-refractivity contribution in [1.29, 1.82) is 0 Å². The highest BCUT2D eigenvalue weighted by Crippen LogP contribution is 2.23. The van der Waals surface area contributed by atoms with Gasteiger partial charge in [-0.25, -0.2) is 4.98 Å². The number of hydrogen-bond acceptors (Lipinski definition) is 6. The maximum absolute atomic E-state index is 5.57. The van der Waals surface area contributed by atoms with Gasteiger partial charge < -0.3 is 14.4 Å². The zero-order valence-corrected chi connectivity index (χ0v) is 12.0. The molecule has 0 radical (unpaired) electrons. The predicted molar refractivity (Wildman–Crippen MR) is 79.5 cm³/mol. The zero-order valence-electron chi connectivity index (χ0n) is 12.0. The van der Waals surface area contributed by atoms with Gasteiger partial charge in [0.05, 0.1) is 25.5 Å². The third-order valence-corrected chi connectivity index (χ3v) is 3.23. The lowest BCUT2D eigenvalue weighted by Crippen LogP contribution is -2.37. The van der Waals surface area contributed by atoms with Crippen molar-refractivity contribution in [2.45, 2.75) is 6.92 Å².